The molecule has 0 unspecified atom stereocenters. The topological polar surface area (TPSA) is 328 Å². The lowest BCUT2D eigenvalue weighted by Gasteiger charge is -2.31. The zero-order valence-electron chi connectivity index (χ0n) is 25.7. The third kappa shape index (κ3) is 12.5. The Kier molecular flexibility index (Phi) is 15.7. The first-order valence-corrected chi connectivity index (χ1v) is 14.5. The lowest BCUT2D eigenvalue weighted by molar-refractivity contribution is -0.146. The third-order valence-corrected chi connectivity index (χ3v) is 6.93. The summed E-state index contributed by atoms with van der Waals surface area (Å²) >= 11 is 0. The Morgan fingerprint density at radius 2 is 1.56 bits per heavy atom. The van der Waals surface area contributed by atoms with Crippen LogP contribution in [0.3, 0.4) is 0 Å². The molecule has 0 aromatic heterocycles. The molecule has 6 atom stereocenters. The van der Waals surface area contributed by atoms with Crippen molar-refractivity contribution in [3.63, 3.8) is 0 Å². The molecule has 14 N–H and O–H groups in total. The highest BCUT2D eigenvalue weighted by Crippen LogP contribution is 2.20. The molecule has 0 aromatic carbocycles. The molecule has 0 spiro atoms. The summed E-state index contributed by atoms with van der Waals surface area (Å²) in [5, 5.41) is 28.5. The van der Waals surface area contributed by atoms with Gasteiger partial charge in [-0.1, -0.05) is 13.8 Å². The molecule has 0 saturated carbocycles. The number of aliphatic carboxylic acids is 1. The van der Waals surface area contributed by atoms with E-state index in [1.807, 2.05) is 0 Å². The van der Waals surface area contributed by atoms with Crippen LogP contribution in [0.4, 0.5) is 0 Å². The van der Waals surface area contributed by atoms with Gasteiger partial charge >= 0.3 is 5.97 Å². The van der Waals surface area contributed by atoms with Crippen LogP contribution < -0.4 is 44.2 Å². The van der Waals surface area contributed by atoms with Crippen molar-refractivity contribution in [2.45, 2.75) is 89.2 Å². The molecule has 0 aromatic rings. The van der Waals surface area contributed by atoms with Gasteiger partial charge in [-0.2, -0.15) is 0 Å². The molecule has 1 saturated heterocycles. The molecule has 254 valence electrons. The van der Waals surface area contributed by atoms with Crippen molar-refractivity contribution >= 4 is 47.4 Å². The summed E-state index contributed by atoms with van der Waals surface area (Å²) in [6, 6.07) is -6.65. The smallest absolute Gasteiger partial charge is 0.328 e. The van der Waals surface area contributed by atoms with Gasteiger partial charge in [0.2, 0.25) is 35.4 Å². The predicted octanol–water partition coefficient (Wildman–Crippen LogP) is -5.07. The van der Waals surface area contributed by atoms with Crippen LogP contribution in [0.15, 0.2) is 4.99 Å². The van der Waals surface area contributed by atoms with E-state index in [1.165, 1.54) is 4.90 Å². The first kappa shape index (κ1) is 38.5. The van der Waals surface area contributed by atoms with E-state index in [0.29, 0.717) is 6.42 Å². The largest absolute Gasteiger partial charge is 0.480 e. The minimum atomic E-state index is -1.73. The number of amides is 6. The van der Waals surface area contributed by atoms with Crippen molar-refractivity contribution < 1.29 is 43.8 Å². The molecule has 6 amide bonds. The fraction of sp³-hybridized carbons (Fsp3) is 0.692. The lowest BCUT2D eigenvalue weighted by atomic mass is 10.0. The van der Waals surface area contributed by atoms with Gasteiger partial charge in [-0.3, -0.25) is 33.8 Å². The molecular formula is C26H46N10O9. The van der Waals surface area contributed by atoms with E-state index in [1.54, 1.807) is 13.8 Å². The monoisotopic (exact) mass is 642 g/mol. The number of nitrogens with zero attached hydrogens (tertiary/aromatic N) is 2. The molecule has 1 rings (SSSR count). The van der Waals surface area contributed by atoms with Crippen LogP contribution in [0.5, 0.6) is 0 Å². The first-order valence-electron chi connectivity index (χ1n) is 14.5. The minimum Gasteiger partial charge on any atom is -0.480 e. The Morgan fingerprint density at radius 1 is 0.911 bits per heavy atom. The standard InChI is InChI=1S/C26H46N10O9/c1-12(2)19(34-18(39)11-27)23(42)32-14(6-4-8-31-26(29)30)24(43)36-9-5-7-16(36)22(41)33-15(10-17(28)38)21(40)35-20(13(3)37)25(44)45/h12-16,19-20,37H,4-11,27H2,1-3H3,(H2,28,38)(H,32,42)(H,33,41)(H,34,39)(H,35,40)(H,44,45)(H4,29,30,31)/t13-,14+,15+,16+,19+,20+/m1/s1. The number of carbonyl (C=O) groups excluding carboxylic acids is 6. The quantitative estimate of drug-likeness (QED) is 0.0381. The van der Waals surface area contributed by atoms with Crippen molar-refractivity contribution in [1.82, 2.24) is 26.2 Å². The number of guanidine groups is 1. The normalized spacial score (nSPS) is 17.6. The molecule has 45 heavy (non-hydrogen) atoms. The number of aliphatic hydroxyl groups is 1. The van der Waals surface area contributed by atoms with Crippen LogP contribution in [0.1, 0.15) is 52.9 Å². The van der Waals surface area contributed by atoms with Crippen molar-refractivity contribution in [3.05, 3.63) is 0 Å². The summed E-state index contributed by atoms with van der Waals surface area (Å²) in [5.74, 6) is -6.85. The van der Waals surface area contributed by atoms with Gasteiger partial charge in [-0.25, -0.2) is 4.79 Å². The number of aliphatic hydroxyl groups excluding tert-OH is 1. The number of nitrogens with one attached hydrogen (secondary N) is 4. The van der Waals surface area contributed by atoms with Gasteiger partial charge in [0.25, 0.3) is 0 Å². The van der Waals surface area contributed by atoms with E-state index in [2.05, 4.69) is 26.3 Å². The molecule has 0 aliphatic carbocycles. The zero-order chi connectivity index (χ0) is 34.4. The van der Waals surface area contributed by atoms with E-state index in [9.17, 15) is 43.8 Å². The second-order valence-corrected chi connectivity index (χ2v) is 11.0. The Balaban J connectivity index is 3.22. The van der Waals surface area contributed by atoms with Gasteiger partial charge in [-0.15, -0.1) is 0 Å². The average Bonchev–Trinajstić information content (AvgIpc) is 3.44. The SMILES string of the molecule is CC(C)[C@H](NC(=O)CN)C(=O)N[C@@H](CCCN=C(N)N)C(=O)N1CCC[C@H]1C(=O)N[C@@H](CC(N)=O)C(=O)N[C@H](C(=O)O)[C@@H](C)O. The average molecular weight is 643 g/mol. The third-order valence-electron chi connectivity index (χ3n) is 6.93. The number of carboxylic acid groups (broad SMARTS) is 1. The number of likely N-dealkylation sites (tertiary alicyclic amines) is 1. The Labute approximate surface area is 260 Å². The van der Waals surface area contributed by atoms with Crippen LogP contribution in [-0.2, 0) is 33.6 Å². The van der Waals surface area contributed by atoms with E-state index in [4.69, 9.17) is 22.9 Å². The number of primary amides is 1. The second kappa shape index (κ2) is 18.3. The highest BCUT2D eigenvalue weighted by molar-refractivity contribution is 5.97. The van der Waals surface area contributed by atoms with Gasteiger partial charge < -0.3 is 59.3 Å². The highest BCUT2D eigenvalue weighted by atomic mass is 16.4. The van der Waals surface area contributed by atoms with Crippen molar-refractivity contribution in [2.75, 3.05) is 19.6 Å². The summed E-state index contributed by atoms with van der Waals surface area (Å²) in [6.07, 6.45) is -1.32. The maximum atomic E-state index is 13.8. The highest BCUT2D eigenvalue weighted by Gasteiger charge is 2.40. The molecule has 19 heteroatoms. The fourth-order valence-electron chi connectivity index (χ4n) is 4.61. The summed E-state index contributed by atoms with van der Waals surface area (Å²) in [5.41, 5.74) is 21.3. The molecule has 0 bridgehead atoms. The predicted molar refractivity (Wildman–Crippen MR) is 159 cm³/mol. The van der Waals surface area contributed by atoms with Crippen LogP contribution in [0, 0.1) is 5.92 Å². The number of aliphatic imine (C=N–C) groups is 1. The molecule has 19 nitrogen and oxygen atoms in total. The summed E-state index contributed by atoms with van der Waals surface area (Å²) in [4.78, 5) is 93.2. The summed E-state index contributed by atoms with van der Waals surface area (Å²) < 4.78 is 0. The van der Waals surface area contributed by atoms with Crippen molar-refractivity contribution in [1.29, 1.82) is 0 Å². The first-order chi connectivity index (χ1) is 21.0. The molecule has 1 aliphatic heterocycles. The van der Waals surface area contributed by atoms with Crippen molar-refractivity contribution in [2.24, 2.45) is 33.8 Å². The van der Waals surface area contributed by atoms with E-state index >= 15 is 0 Å². The maximum Gasteiger partial charge on any atom is 0.328 e. The number of carboxylic acids is 1. The van der Waals surface area contributed by atoms with Gasteiger partial charge in [-0.05, 0) is 38.5 Å². The van der Waals surface area contributed by atoms with Gasteiger partial charge in [0.15, 0.2) is 12.0 Å². The molecule has 1 fully saturated rings. The number of nitrogens with two attached hydrogens (primary N) is 4. The maximum absolute atomic E-state index is 13.8. The van der Waals surface area contributed by atoms with Gasteiger partial charge in [0, 0.05) is 13.1 Å². The van der Waals surface area contributed by atoms with Crippen LogP contribution in [0.25, 0.3) is 0 Å². The molecule has 1 heterocycles. The molecule has 1 aliphatic rings. The van der Waals surface area contributed by atoms with Crippen molar-refractivity contribution in [3.8, 4) is 0 Å². The molecular weight excluding hydrogens is 596 g/mol. The molecule has 0 radical (unpaired) electrons. The van der Waals surface area contributed by atoms with E-state index < -0.39 is 84.1 Å². The minimum absolute atomic E-state index is 0.0600. The van der Waals surface area contributed by atoms with Gasteiger partial charge in [0.05, 0.1) is 19.1 Å². The van der Waals surface area contributed by atoms with Gasteiger partial charge in [0.1, 0.15) is 24.2 Å². The number of hydrogen-bond acceptors (Lipinski definition) is 10. The van der Waals surface area contributed by atoms with Crippen LogP contribution in [-0.4, -0.2) is 118 Å². The van der Waals surface area contributed by atoms with Crippen LogP contribution >= 0.6 is 0 Å². The summed E-state index contributed by atoms with van der Waals surface area (Å²) in [7, 11) is 0. The Hall–Kier alpha value is -4.52. The number of rotatable bonds is 18. The lowest BCUT2D eigenvalue weighted by Crippen LogP contribution is -2.60. The van der Waals surface area contributed by atoms with E-state index in [-0.39, 0.29) is 50.8 Å². The fourth-order valence-corrected chi connectivity index (χ4v) is 4.61. The number of hydrogen-bond donors (Lipinski definition) is 10. The Bertz CT molecular complexity index is 1130. The zero-order valence-corrected chi connectivity index (χ0v) is 25.7. The van der Waals surface area contributed by atoms with Crippen LogP contribution in [0.2, 0.25) is 0 Å². The number of carbonyl (C=O) groups is 7. The second-order valence-electron chi connectivity index (χ2n) is 11.0. The summed E-state index contributed by atoms with van der Waals surface area (Å²) in [6.45, 7) is 4.41. The Morgan fingerprint density at radius 3 is 2.07 bits per heavy atom. The van der Waals surface area contributed by atoms with E-state index in [0.717, 1.165) is 6.92 Å².